The highest BCUT2D eigenvalue weighted by Crippen LogP contribution is 2.26. The third-order valence-corrected chi connectivity index (χ3v) is 3.57. The molecular weight excluding hydrogens is 260 g/mol. The van der Waals surface area contributed by atoms with E-state index in [0.29, 0.717) is 0 Å². The third-order valence-electron chi connectivity index (χ3n) is 2.04. The van der Waals surface area contributed by atoms with E-state index in [0.717, 1.165) is 16.4 Å². The van der Waals surface area contributed by atoms with Crippen LogP contribution < -0.4 is 5.73 Å². The van der Waals surface area contributed by atoms with Crippen molar-refractivity contribution in [2.45, 2.75) is 19.4 Å². The molecule has 2 rings (SSSR count). The van der Waals surface area contributed by atoms with Crippen molar-refractivity contribution in [2.75, 3.05) is 0 Å². The molecule has 0 aliphatic rings. The normalized spacial score (nSPS) is 13.4. The van der Waals surface area contributed by atoms with Gasteiger partial charge in [-0.3, -0.25) is 0 Å². The Morgan fingerprint density at radius 2 is 2.36 bits per heavy atom. The Bertz CT molecular complexity index is 450. The van der Waals surface area contributed by atoms with E-state index in [1.807, 2.05) is 12.4 Å². The largest absolute Gasteiger partial charge is 0.328 e. The van der Waals surface area contributed by atoms with Crippen molar-refractivity contribution in [1.29, 1.82) is 0 Å². The minimum Gasteiger partial charge on any atom is -0.328 e. The summed E-state index contributed by atoms with van der Waals surface area (Å²) in [4.78, 5) is 4.28. The summed E-state index contributed by atoms with van der Waals surface area (Å²) in [5.41, 5.74) is 9.94. The van der Waals surface area contributed by atoms with Crippen molar-refractivity contribution in [3.63, 3.8) is 0 Å². The first kappa shape index (κ1) is 10.1. The third kappa shape index (κ3) is 1.97. The Kier molecular flexibility index (Phi) is 2.85. The molecule has 0 saturated heterocycles. The highest BCUT2D eigenvalue weighted by molar-refractivity contribution is 9.10. The molecule has 0 spiro atoms. The molecule has 1 aromatic heterocycles. The molecule has 1 aromatic carbocycles. The summed E-state index contributed by atoms with van der Waals surface area (Å²) in [5.74, 6) is 0. The topological polar surface area (TPSA) is 38.9 Å². The predicted molar refractivity (Wildman–Crippen MR) is 64.7 cm³/mol. The number of aromatic nitrogens is 1. The number of nitrogens with zero attached hydrogens (tertiary/aromatic N) is 1. The van der Waals surface area contributed by atoms with Crippen molar-refractivity contribution in [3.05, 3.63) is 27.7 Å². The molecule has 0 aliphatic carbocycles. The molecule has 1 atom stereocenters. The lowest BCUT2D eigenvalue weighted by atomic mass is 10.1. The Balaban J connectivity index is 2.48. The SMILES string of the molecule is CC(N)Cc1cc2ncsc2cc1Br. The van der Waals surface area contributed by atoms with E-state index < -0.39 is 0 Å². The first-order valence-electron chi connectivity index (χ1n) is 4.44. The summed E-state index contributed by atoms with van der Waals surface area (Å²) < 4.78 is 2.34. The van der Waals surface area contributed by atoms with Gasteiger partial charge >= 0.3 is 0 Å². The number of hydrogen-bond donors (Lipinski definition) is 1. The van der Waals surface area contributed by atoms with E-state index in [2.05, 4.69) is 33.0 Å². The molecule has 2 N–H and O–H groups in total. The van der Waals surface area contributed by atoms with Crippen molar-refractivity contribution < 1.29 is 0 Å². The summed E-state index contributed by atoms with van der Waals surface area (Å²) in [6.45, 7) is 2.01. The number of thiazole rings is 1. The average molecular weight is 271 g/mol. The van der Waals surface area contributed by atoms with Gasteiger partial charge in [-0.2, -0.15) is 0 Å². The van der Waals surface area contributed by atoms with E-state index in [-0.39, 0.29) is 6.04 Å². The summed E-state index contributed by atoms with van der Waals surface area (Å²) in [5, 5.41) is 0. The van der Waals surface area contributed by atoms with Crippen LogP contribution in [0.25, 0.3) is 10.2 Å². The van der Waals surface area contributed by atoms with Gasteiger partial charge in [-0.1, -0.05) is 15.9 Å². The second-order valence-electron chi connectivity index (χ2n) is 3.45. The van der Waals surface area contributed by atoms with Crippen molar-refractivity contribution in [3.8, 4) is 0 Å². The minimum atomic E-state index is 0.183. The zero-order chi connectivity index (χ0) is 10.1. The Morgan fingerprint density at radius 1 is 1.57 bits per heavy atom. The van der Waals surface area contributed by atoms with Crippen LogP contribution in [0, 0.1) is 0 Å². The van der Waals surface area contributed by atoms with Crippen LogP contribution in [0.3, 0.4) is 0 Å². The molecule has 0 aliphatic heterocycles. The van der Waals surface area contributed by atoms with E-state index in [1.165, 1.54) is 10.3 Å². The molecule has 0 bridgehead atoms. The molecule has 2 nitrogen and oxygen atoms in total. The van der Waals surface area contributed by atoms with Crippen LogP contribution in [0.4, 0.5) is 0 Å². The number of rotatable bonds is 2. The second-order valence-corrected chi connectivity index (χ2v) is 5.19. The molecule has 1 heterocycles. The van der Waals surface area contributed by atoms with Gasteiger partial charge in [0.25, 0.3) is 0 Å². The number of hydrogen-bond acceptors (Lipinski definition) is 3. The zero-order valence-electron chi connectivity index (χ0n) is 7.83. The molecule has 0 radical (unpaired) electrons. The van der Waals surface area contributed by atoms with Crippen LogP contribution in [0.2, 0.25) is 0 Å². The van der Waals surface area contributed by atoms with Gasteiger partial charge in [-0.25, -0.2) is 4.98 Å². The fraction of sp³-hybridized carbons (Fsp3) is 0.300. The lowest BCUT2D eigenvalue weighted by Gasteiger charge is -2.07. The van der Waals surface area contributed by atoms with Gasteiger partial charge in [0.15, 0.2) is 0 Å². The summed E-state index contributed by atoms with van der Waals surface area (Å²) in [6.07, 6.45) is 0.883. The standard InChI is InChI=1S/C10H11BrN2S/c1-6(12)2-7-3-9-10(4-8(7)11)14-5-13-9/h3-6H,2,12H2,1H3. The Labute approximate surface area is 95.3 Å². The molecular formula is C10H11BrN2S. The highest BCUT2D eigenvalue weighted by Gasteiger charge is 2.06. The van der Waals surface area contributed by atoms with Gasteiger partial charge in [-0.15, -0.1) is 11.3 Å². The first-order chi connectivity index (χ1) is 6.66. The van der Waals surface area contributed by atoms with Crippen LogP contribution in [-0.2, 0) is 6.42 Å². The van der Waals surface area contributed by atoms with Gasteiger partial charge in [0.2, 0.25) is 0 Å². The summed E-state index contributed by atoms with van der Waals surface area (Å²) in [7, 11) is 0. The molecule has 2 aromatic rings. The zero-order valence-corrected chi connectivity index (χ0v) is 10.2. The maximum atomic E-state index is 5.77. The lowest BCUT2D eigenvalue weighted by Crippen LogP contribution is -2.17. The average Bonchev–Trinajstić information content (AvgIpc) is 2.51. The van der Waals surface area contributed by atoms with Gasteiger partial charge in [0, 0.05) is 10.5 Å². The molecule has 74 valence electrons. The number of fused-ring (bicyclic) bond motifs is 1. The Morgan fingerprint density at radius 3 is 3.07 bits per heavy atom. The Hall–Kier alpha value is -0.450. The number of halogens is 1. The number of nitrogens with two attached hydrogens (primary N) is 1. The molecule has 0 fully saturated rings. The van der Waals surface area contributed by atoms with E-state index in [1.54, 1.807) is 11.3 Å². The van der Waals surface area contributed by atoms with E-state index in [4.69, 9.17) is 5.73 Å². The van der Waals surface area contributed by atoms with Gasteiger partial charge in [-0.05, 0) is 31.0 Å². The van der Waals surface area contributed by atoms with Crippen LogP contribution in [0.1, 0.15) is 12.5 Å². The molecule has 0 amide bonds. The minimum absolute atomic E-state index is 0.183. The van der Waals surface area contributed by atoms with Crippen LogP contribution in [-0.4, -0.2) is 11.0 Å². The second kappa shape index (κ2) is 3.96. The quantitative estimate of drug-likeness (QED) is 0.912. The van der Waals surface area contributed by atoms with Crippen LogP contribution >= 0.6 is 27.3 Å². The van der Waals surface area contributed by atoms with Gasteiger partial charge in [0.1, 0.15) is 0 Å². The molecule has 14 heavy (non-hydrogen) atoms. The fourth-order valence-corrected chi connectivity index (χ4v) is 2.78. The van der Waals surface area contributed by atoms with Crippen LogP contribution in [0.5, 0.6) is 0 Å². The molecule has 4 heteroatoms. The lowest BCUT2D eigenvalue weighted by molar-refractivity contribution is 0.736. The summed E-state index contributed by atoms with van der Waals surface area (Å²) in [6, 6.07) is 4.41. The summed E-state index contributed by atoms with van der Waals surface area (Å²) >= 11 is 5.21. The van der Waals surface area contributed by atoms with E-state index in [9.17, 15) is 0 Å². The molecule has 1 unspecified atom stereocenters. The van der Waals surface area contributed by atoms with Crippen molar-refractivity contribution in [1.82, 2.24) is 4.98 Å². The van der Waals surface area contributed by atoms with Crippen LogP contribution in [0.15, 0.2) is 22.1 Å². The van der Waals surface area contributed by atoms with Crippen molar-refractivity contribution >= 4 is 37.5 Å². The maximum absolute atomic E-state index is 5.77. The number of benzene rings is 1. The van der Waals surface area contributed by atoms with E-state index >= 15 is 0 Å². The monoisotopic (exact) mass is 270 g/mol. The smallest absolute Gasteiger partial charge is 0.0815 e. The fourth-order valence-electron chi connectivity index (χ4n) is 1.43. The molecule has 0 saturated carbocycles. The van der Waals surface area contributed by atoms with Gasteiger partial charge < -0.3 is 5.73 Å². The maximum Gasteiger partial charge on any atom is 0.0815 e. The first-order valence-corrected chi connectivity index (χ1v) is 6.11. The van der Waals surface area contributed by atoms with Gasteiger partial charge in [0.05, 0.1) is 15.7 Å². The van der Waals surface area contributed by atoms with Crippen molar-refractivity contribution in [2.24, 2.45) is 5.73 Å². The predicted octanol–water partition coefficient (Wildman–Crippen LogP) is 2.95. The highest BCUT2D eigenvalue weighted by atomic mass is 79.9.